The highest BCUT2D eigenvalue weighted by Crippen LogP contribution is 1.92. The van der Waals surface area contributed by atoms with Gasteiger partial charge in [0.05, 0.1) is 6.54 Å². The predicted molar refractivity (Wildman–Crippen MR) is 26.6 cm³/mol. The molecule has 0 radical (unpaired) electrons. The van der Waals surface area contributed by atoms with Crippen LogP contribution in [0.5, 0.6) is 0 Å². The third-order valence-electron chi connectivity index (χ3n) is 0.890. The average molecular weight is 114 g/mol. The molecule has 0 aromatic heterocycles. The number of hydrogen-bond donors (Lipinski definition) is 1. The summed E-state index contributed by atoms with van der Waals surface area (Å²) in [5, 5.41) is 9.45. The average Bonchev–Trinajstić information content (AvgIpc) is 1.77. The van der Waals surface area contributed by atoms with E-state index in [-0.39, 0.29) is 5.91 Å². The monoisotopic (exact) mass is 114 g/mol. The Bertz CT molecular complexity index is 132. The second-order valence-corrected chi connectivity index (χ2v) is 1.55. The van der Waals surface area contributed by atoms with Crippen LogP contribution >= 0.6 is 0 Å². The summed E-state index contributed by atoms with van der Waals surface area (Å²) in [6.07, 6.45) is 1.43. The molecule has 0 aromatic carbocycles. The number of nitrogens with zero attached hydrogens (tertiary/aromatic N) is 2. The molecular formula is C4H6N2O2. The molecular weight excluding hydrogens is 108 g/mol. The molecule has 0 aromatic rings. The third kappa shape index (κ3) is 1.04. The fourth-order valence-electron chi connectivity index (χ4n) is 0.464. The van der Waals surface area contributed by atoms with Crippen molar-refractivity contribution in [1.29, 1.82) is 0 Å². The van der Waals surface area contributed by atoms with E-state index in [1.807, 2.05) is 0 Å². The van der Waals surface area contributed by atoms with Crippen molar-refractivity contribution < 1.29 is 10.0 Å². The Morgan fingerprint density at radius 2 is 2.62 bits per heavy atom. The molecule has 1 rings (SSSR count). The Hall–Kier alpha value is -0.900. The highest BCUT2D eigenvalue weighted by molar-refractivity contribution is 5.86. The topological polar surface area (TPSA) is 52.9 Å². The molecule has 0 fully saturated rings. The second kappa shape index (κ2) is 1.92. The van der Waals surface area contributed by atoms with Crippen molar-refractivity contribution in [2.24, 2.45) is 4.99 Å². The molecule has 8 heavy (non-hydrogen) atoms. The quantitative estimate of drug-likeness (QED) is 0.467. The van der Waals surface area contributed by atoms with Crippen LogP contribution in [-0.4, -0.2) is 29.1 Å². The van der Waals surface area contributed by atoms with Gasteiger partial charge in [0.15, 0.2) is 0 Å². The number of amides is 1. The summed E-state index contributed by atoms with van der Waals surface area (Å²) in [6.45, 7) is 0.363. The Balaban J connectivity index is 2.55. The second-order valence-electron chi connectivity index (χ2n) is 1.55. The molecule has 0 saturated heterocycles. The zero-order valence-electron chi connectivity index (χ0n) is 4.24. The summed E-state index contributed by atoms with van der Waals surface area (Å²) in [5.41, 5.74) is 0. The molecule has 0 atom stereocenters. The first-order chi connectivity index (χ1) is 3.79. The largest absolute Gasteiger partial charge is 0.288 e. The predicted octanol–water partition coefficient (Wildman–Crippen LogP) is -0.364. The van der Waals surface area contributed by atoms with Crippen LogP contribution in [0.15, 0.2) is 4.99 Å². The van der Waals surface area contributed by atoms with E-state index >= 15 is 0 Å². The highest BCUT2D eigenvalue weighted by atomic mass is 16.5. The van der Waals surface area contributed by atoms with E-state index in [0.29, 0.717) is 13.0 Å². The van der Waals surface area contributed by atoms with Gasteiger partial charge in [-0.05, 0) is 0 Å². The molecule has 1 amide bonds. The molecule has 1 aliphatic rings. The smallest absolute Gasteiger partial charge is 0.249 e. The van der Waals surface area contributed by atoms with Crippen LogP contribution in [0.25, 0.3) is 0 Å². The van der Waals surface area contributed by atoms with E-state index in [1.54, 1.807) is 0 Å². The van der Waals surface area contributed by atoms with Gasteiger partial charge in [-0.1, -0.05) is 0 Å². The Labute approximate surface area is 46.4 Å². The lowest BCUT2D eigenvalue weighted by Crippen LogP contribution is -2.25. The van der Waals surface area contributed by atoms with Gasteiger partial charge in [0.1, 0.15) is 6.34 Å². The van der Waals surface area contributed by atoms with Gasteiger partial charge in [0.2, 0.25) is 5.91 Å². The van der Waals surface area contributed by atoms with Crippen molar-refractivity contribution >= 4 is 12.2 Å². The van der Waals surface area contributed by atoms with Crippen molar-refractivity contribution in [3.05, 3.63) is 0 Å². The Kier molecular flexibility index (Phi) is 1.26. The molecule has 0 aliphatic carbocycles. The third-order valence-corrected chi connectivity index (χ3v) is 0.890. The fourth-order valence-corrected chi connectivity index (χ4v) is 0.464. The van der Waals surface area contributed by atoms with E-state index in [9.17, 15) is 4.79 Å². The van der Waals surface area contributed by atoms with E-state index in [2.05, 4.69) is 4.99 Å². The molecule has 4 nitrogen and oxygen atoms in total. The standard InChI is InChI=1S/C4H6N2O2/c7-4-1-2-6(8)3-5-4/h3,8H,1-2H2. The molecule has 0 unspecified atom stereocenters. The van der Waals surface area contributed by atoms with E-state index < -0.39 is 0 Å². The van der Waals surface area contributed by atoms with Crippen LogP contribution in [-0.2, 0) is 4.79 Å². The number of carbonyl (C=O) groups is 1. The normalized spacial score (nSPS) is 19.6. The fraction of sp³-hybridized carbons (Fsp3) is 0.500. The summed E-state index contributed by atoms with van der Waals surface area (Å²) >= 11 is 0. The molecule has 4 heteroatoms. The van der Waals surface area contributed by atoms with Crippen LogP contribution in [0.1, 0.15) is 6.42 Å². The van der Waals surface area contributed by atoms with Crippen molar-refractivity contribution in [1.82, 2.24) is 5.06 Å². The number of hydroxylamine groups is 2. The first kappa shape index (κ1) is 5.24. The lowest BCUT2D eigenvalue weighted by atomic mass is 10.4. The van der Waals surface area contributed by atoms with Crippen LogP contribution in [0, 0.1) is 0 Å². The van der Waals surface area contributed by atoms with E-state index in [4.69, 9.17) is 5.21 Å². The van der Waals surface area contributed by atoms with Crippen LogP contribution < -0.4 is 0 Å². The molecule has 0 saturated carbocycles. The number of carbonyl (C=O) groups excluding carboxylic acids is 1. The van der Waals surface area contributed by atoms with E-state index in [1.165, 1.54) is 0 Å². The zero-order chi connectivity index (χ0) is 5.98. The van der Waals surface area contributed by atoms with E-state index in [0.717, 1.165) is 11.4 Å². The van der Waals surface area contributed by atoms with Gasteiger partial charge < -0.3 is 0 Å². The maximum atomic E-state index is 10.3. The first-order valence-corrected chi connectivity index (χ1v) is 2.31. The molecule has 1 heterocycles. The summed E-state index contributed by atoms with van der Waals surface area (Å²) < 4.78 is 0. The zero-order valence-corrected chi connectivity index (χ0v) is 4.24. The van der Waals surface area contributed by atoms with Gasteiger partial charge in [-0.2, -0.15) is 0 Å². The molecule has 44 valence electrons. The minimum atomic E-state index is -0.171. The SMILES string of the molecule is O=C1CCN(O)C=N1. The molecule has 0 spiro atoms. The lowest BCUT2D eigenvalue weighted by Gasteiger charge is -2.11. The number of hydrogen-bond acceptors (Lipinski definition) is 3. The van der Waals surface area contributed by atoms with Crippen LogP contribution in [0.3, 0.4) is 0 Å². The Morgan fingerprint density at radius 3 is 3.00 bits per heavy atom. The minimum absolute atomic E-state index is 0.171. The van der Waals surface area contributed by atoms with Gasteiger partial charge in [-0.15, -0.1) is 0 Å². The van der Waals surface area contributed by atoms with Gasteiger partial charge in [0, 0.05) is 6.42 Å². The van der Waals surface area contributed by atoms with Gasteiger partial charge in [0.25, 0.3) is 0 Å². The van der Waals surface area contributed by atoms with Crippen molar-refractivity contribution in [2.45, 2.75) is 6.42 Å². The maximum Gasteiger partial charge on any atom is 0.249 e. The van der Waals surface area contributed by atoms with Crippen LogP contribution in [0.2, 0.25) is 0 Å². The summed E-state index contributed by atoms with van der Waals surface area (Å²) in [5.74, 6) is -0.171. The summed E-state index contributed by atoms with van der Waals surface area (Å²) in [6, 6.07) is 0. The molecule has 0 bridgehead atoms. The number of aliphatic imine (C=N–C) groups is 1. The molecule has 1 aliphatic heterocycles. The Morgan fingerprint density at radius 1 is 1.88 bits per heavy atom. The molecule has 1 N–H and O–H groups in total. The van der Waals surface area contributed by atoms with Crippen molar-refractivity contribution in [3.63, 3.8) is 0 Å². The summed E-state index contributed by atoms with van der Waals surface area (Å²) in [4.78, 5) is 13.6. The maximum absolute atomic E-state index is 10.3. The van der Waals surface area contributed by atoms with Crippen molar-refractivity contribution in [3.8, 4) is 0 Å². The van der Waals surface area contributed by atoms with Gasteiger partial charge in [-0.3, -0.25) is 10.0 Å². The first-order valence-electron chi connectivity index (χ1n) is 2.31. The lowest BCUT2D eigenvalue weighted by molar-refractivity contribution is -0.121. The minimum Gasteiger partial charge on any atom is -0.288 e. The number of rotatable bonds is 0. The summed E-state index contributed by atoms with van der Waals surface area (Å²) in [7, 11) is 0. The van der Waals surface area contributed by atoms with Gasteiger partial charge >= 0.3 is 0 Å². The van der Waals surface area contributed by atoms with Gasteiger partial charge in [-0.25, -0.2) is 10.1 Å². The van der Waals surface area contributed by atoms with Crippen LogP contribution in [0.4, 0.5) is 0 Å². The highest BCUT2D eigenvalue weighted by Gasteiger charge is 2.06. The van der Waals surface area contributed by atoms with Crippen molar-refractivity contribution in [2.75, 3.05) is 6.54 Å².